The molecule has 22 heavy (non-hydrogen) atoms. The fourth-order valence-corrected chi connectivity index (χ4v) is 2.60. The number of aromatic nitrogens is 4. The van der Waals surface area contributed by atoms with Gasteiger partial charge in [0.2, 0.25) is 11.8 Å². The molecule has 0 unspecified atom stereocenters. The smallest absolute Gasteiger partial charge is 0.277 e. The van der Waals surface area contributed by atoms with E-state index in [9.17, 15) is 4.39 Å². The number of aryl methyl sites for hydroxylation is 1. The molecule has 6 nitrogen and oxygen atoms in total. The van der Waals surface area contributed by atoms with Crippen molar-refractivity contribution in [3.8, 4) is 0 Å². The molecule has 0 atom stereocenters. The van der Waals surface area contributed by atoms with Crippen molar-refractivity contribution < 1.29 is 13.3 Å². The molecular formula is C13H10ClFN4O2S. The van der Waals surface area contributed by atoms with Gasteiger partial charge >= 0.3 is 0 Å². The van der Waals surface area contributed by atoms with Crippen molar-refractivity contribution in [1.29, 1.82) is 0 Å². The minimum absolute atomic E-state index is 0.139. The van der Waals surface area contributed by atoms with E-state index in [2.05, 4.69) is 20.3 Å². The molecule has 2 aromatic heterocycles. The first-order chi connectivity index (χ1) is 10.6. The highest BCUT2D eigenvalue weighted by atomic mass is 35.5. The van der Waals surface area contributed by atoms with Gasteiger partial charge in [0.05, 0.1) is 12.2 Å². The van der Waals surface area contributed by atoms with Crippen molar-refractivity contribution in [3.63, 3.8) is 0 Å². The Labute approximate surface area is 134 Å². The van der Waals surface area contributed by atoms with E-state index < -0.39 is 5.82 Å². The Bertz CT molecular complexity index is 772. The van der Waals surface area contributed by atoms with Gasteiger partial charge in [0.1, 0.15) is 5.82 Å². The van der Waals surface area contributed by atoms with Crippen LogP contribution in [0.5, 0.6) is 0 Å². The van der Waals surface area contributed by atoms with Gasteiger partial charge in [-0.25, -0.2) is 4.39 Å². The zero-order valence-electron chi connectivity index (χ0n) is 11.4. The summed E-state index contributed by atoms with van der Waals surface area (Å²) < 4.78 is 24.0. The molecule has 1 aromatic carbocycles. The van der Waals surface area contributed by atoms with E-state index in [1.807, 2.05) is 0 Å². The lowest BCUT2D eigenvalue weighted by atomic mass is 10.1. The average molecular weight is 341 g/mol. The highest BCUT2D eigenvalue weighted by Crippen LogP contribution is 2.24. The zero-order valence-corrected chi connectivity index (χ0v) is 13.0. The second-order valence-corrected chi connectivity index (χ2v) is 5.69. The van der Waals surface area contributed by atoms with E-state index in [1.165, 1.54) is 17.8 Å². The Balaban J connectivity index is 1.66. The molecule has 0 aliphatic carbocycles. The largest absolute Gasteiger partial charge is 0.416 e. The van der Waals surface area contributed by atoms with E-state index in [4.69, 9.17) is 20.5 Å². The predicted molar refractivity (Wildman–Crippen MR) is 77.1 cm³/mol. The summed E-state index contributed by atoms with van der Waals surface area (Å²) in [6.45, 7) is 1.71. The third kappa shape index (κ3) is 3.45. The van der Waals surface area contributed by atoms with Gasteiger partial charge < -0.3 is 8.94 Å². The average Bonchev–Trinajstić information content (AvgIpc) is 3.10. The SMILES string of the molecule is Cc1nc(CSc2nnc(Cc3c(F)cccc3Cl)o2)no1. The second-order valence-electron chi connectivity index (χ2n) is 4.36. The van der Waals surface area contributed by atoms with E-state index in [1.54, 1.807) is 19.1 Å². The maximum absolute atomic E-state index is 13.7. The van der Waals surface area contributed by atoms with Crippen molar-refractivity contribution in [2.24, 2.45) is 0 Å². The van der Waals surface area contributed by atoms with Crippen molar-refractivity contribution in [3.05, 3.63) is 52.2 Å². The number of halogens is 2. The van der Waals surface area contributed by atoms with Crippen LogP contribution in [0.1, 0.15) is 23.2 Å². The summed E-state index contributed by atoms with van der Waals surface area (Å²) >= 11 is 7.24. The van der Waals surface area contributed by atoms with Crippen LogP contribution in [0, 0.1) is 12.7 Å². The maximum Gasteiger partial charge on any atom is 0.277 e. The first-order valence-electron chi connectivity index (χ1n) is 6.29. The Kier molecular flexibility index (Phi) is 4.39. The summed E-state index contributed by atoms with van der Waals surface area (Å²) in [5.41, 5.74) is 0.332. The number of hydrogen-bond donors (Lipinski definition) is 0. The molecule has 0 saturated heterocycles. The van der Waals surface area contributed by atoms with Gasteiger partial charge in [-0.2, -0.15) is 4.98 Å². The quantitative estimate of drug-likeness (QED) is 0.658. The van der Waals surface area contributed by atoms with Crippen molar-refractivity contribution in [1.82, 2.24) is 20.3 Å². The minimum atomic E-state index is -0.401. The van der Waals surface area contributed by atoms with Crippen LogP contribution >= 0.6 is 23.4 Å². The highest BCUT2D eigenvalue weighted by Gasteiger charge is 2.14. The third-order valence-corrected chi connectivity index (χ3v) is 3.90. The number of rotatable bonds is 5. The monoisotopic (exact) mass is 340 g/mol. The summed E-state index contributed by atoms with van der Waals surface area (Å²) in [5.74, 6) is 1.37. The molecule has 0 aliphatic heterocycles. The molecule has 0 spiro atoms. The van der Waals surface area contributed by atoms with Gasteiger partial charge in [0, 0.05) is 17.5 Å². The number of thioether (sulfide) groups is 1. The lowest BCUT2D eigenvalue weighted by molar-refractivity contribution is 0.389. The van der Waals surface area contributed by atoms with Gasteiger partial charge in [-0.3, -0.25) is 0 Å². The number of hydrogen-bond acceptors (Lipinski definition) is 7. The predicted octanol–water partition coefficient (Wildman–Crippen LogP) is 3.44. The van der Waals surface area contributed by atoms with Crippen LogP contribution in [-0.4, -0.2) is 20.3 Å². The van der Waals surface area contributed by atoms with Crippen molar-refractivity contribution in [2.45, 2.75) is 24.3 Å². The van der Waals surface area contributed by atoms with Crippen LogP contribution in [0.25, 0.3) is 0 Å². The van der Waals surface area contributed by atoms with Gasteiger partial charge in [0.15, 0.2) is 5.82 Å². The van der Waals surface area contributed by atoms with E-state index in [0.717, 1.165) is 0 Å². The molecule has 3 aromatic rings. The first kappa shape index (κ1) is 15.0. The second kappa shape index (κ2) is 6.45. The van der Waals surface area contributed by atoms with Crippen LogP contribution in [0.4, 0.5) is 4.39 Å². The first-order valence-corrected chi connectivity index (χ1v) is 7.65. The summed E-state index contributed by atoms with van der Waals surface area (Å²) in [4.78, 5) is 4.07. The van der Waals surface area contributed by atoms with Crippen LogP contribution in [0.3, 0.4) is 0 Å². The molecule has 0 amide bonds. The zero-order chi connectivity index (χ0) is 15.5. The van der Waals surface area contributed by atoms with Crippen molar-refractivity contribution in [2.75, 3.05) is 0 Å². The molecule has 0 N–H and O–H groups in total. The molecule has 9 heteroatoms. The molecule has 0 fully saturated rings. The number of benzene rings is 1. The normalized spacial score (nSPS) is 11.0. The van der Waals surface area contributed by atoms with E-state index in [-0.39, 0.29) is 6.42 Å². The maximum atomic E-state index is 13.7. The Morgan fingerprint density at radius 2 is 2.18 bits per heavy atom. The molecule has 2 heterocycles. The third-order valence-electron chi connectivity index (χ3n) is 2.73. The molecule has 0 saturated carbocycles. The molecule has 114 valence electrons. The summed E-state index contributed by atoms with van der Waals surface area (Å²) in [6, 6.07) is 4.50. The van der Waals surface area contributed by atoms with Crippen LogP contribution in [-0.2, 0) is 12.2 Å². The molecule has 0 radical (unpaired) electrons. The highest BCUT2D eigenvalue weighted by molar-refractivity contribution is 7.98. The summed E-state index contributed by atoms with van der Waals surface area (Å²) in [5, 5.41) is 12.2. The van der Waals surface area contributed by atoms with Crippen LogP contribution in [0.15, 0.2) is 32.4 Å². The Morgan fingerprint density at radius 1 is 1.32 bits per heavy atom. The van der Waals surface area contributed by atoms with Gasteiger partial charge in [0.25, 0.3) is 5.22 Å². The standard InChI is InChI=1S/C13H10ClFN4O2S/c1-7-16-11(19-21-7)6-22-13-18-17-12(20-13)5-8-9(14)3-2-4-10(8)15/h2-4H,5-6H2,1H3. The van der Waals surface area contributed by atoms with E-state index >= 15 is 0 Å². The van der Waals surface area contributed by atoms with E-state index in [0.29, 0.717) is 39.2 Å². The molecule has 0 aliphatic rings. The minimum Gasteiger partial charge on any atom is -0.416 e. The Morgan fingerprint density at radius 3 is 2.91 bits per heavy atom. The fraction of sp³-hybridized carbons (Fsp3) is 0.231. The topological polar surface area (TPSA) is 77.8 Å². The van der Waals surface area contributed by atoms with Crippen molar-refractivity contribution >= 4 is 23.4 Å². The summed E-state index contributed by atoms with van der Waals surface area (Å²) in [7, 11) is 0. The van der Waals surface area contributed by atoms with Gasteiger partial charge in [-0.05, 0) is 12.1 Å². The Hall–Kier alpha value is -1.93. The lowest BCUT2D eigenvalue weighted by Gasteiger charge is -2.01. The van der Waals surface area contributed by atoms with Gasteiger partial charge in [-0.15, -0.1) is 10.2 Å². The van der Waals surface area contributed by atoms with Crippen LogP contribution < -0.4 is 0 Å². The molecule has 0 bridgehead atoms. The molecular weight excluding hydrogens is 331 g/mol. The summed E-state index contributed by atoms with van der Waals surface area (Å²) in [6.07, 6.45) is 0.139. The number of nitrogens with zero attached hydrogens (tertiary/aromatic N) is 4. The van der Waals surface area contributed by atoms with Gasteiger partial charge in [-0.1, -0.05) is 34.6 Å². The van der Waals surface area contributed by atoms with Crippen LogP contribution in [0.2, 0.25) is 5.02 Å². The molecule has 3 rings (SSSR count). The fourth-order valence-electron chi connectivity index (χ4n) is 1.75. The lowest BCUT2D eigenvalue weighted by Crippen LogP contribution is -1.94.